The number of nitrogens with zero attached hydrogens (tertiary/aromatic N) is 1. The molecule has 1 aromatic carbocycles. The quantitative estimate of drug-likeness (QED) is 0.178. The van der Waals surface area contributed by atoms with Crippen LogP contribution in [-0.4, -0.2) is 26.0 Å². The molecule has 0 aliphatic heterocycles. The van der Waals surface area contributed by atoms with Crippen LogP contribution in [0.2, 0.25) is 10.0 Å². The van der Waals surface area contributed by atoms with Gasteiger partial charge in [0.05, 0.1) is 16.7 Å². The number of halogens is 4. The minimum absolute atomic E-state index is 0.0408. The molecule has 0 spiro atoms. The average Bonchev–Trinajstić information content (AvgIpc) is 2.57. The van der Waals surface area contributed by atoms with Gasteiger partial charge in [0.2, 0.25) is 0 Å². The largest absolute Gasteiger partial charge is 0.490 e. The van der Waals surface area contributed by atoms with Crippen LogP contribution in [0.3, 0.4) is 0 Å². The Morgan fingerprint density at radius 3 is 2.14 bits per heavy atom. The van der Waals surface area contributed by atoms with Gasteiger partial charge in [-0.25, -0.2) is 0 Å². The van der Waals surface area contributed by atoms with Crippen LogP contribution in [0.4, 0.5) is 0 Å². The monoisotopic (exact) mass is 469 g/mol. The SMILES string of the molecule is CC(C)(C)C=NOCCCCCCOc1c(Cl)cc(OCC=C(Cl)Cl)cc1Cl. The molecular weight excluding hydrogens is 444 g/mol. The molecule has 8 heteroatoms. The molecule has 28 heavy (non-hydrogen) atoms. The second-order valence-electron chi connectivity index (χ2n) is 7.22. The van der Waals surface area contributed by atoms with Gasteiger partial charge in [-0.15, -0.1) is 0 Å². The zero-order chi connectivity index (χ0) is 21.0. The fourth-order valence-electron chi connectivity index (χ4n) is 2.00. The molecular formula is C20H27Cl4NO3. The van der Waals surface area contributed by atoms with Crippen LogP contribution < -0.4 is 9.47 Å². The zero-order valence-electron chi connectivity index (χ0n) is 16.4. The number of benzene rings is 1. The van der Waals surface area contributed by atoms with Crippen LogP contribution in [0, 0.1) is 5.41 Å². The first kappa shape index (κ1) is 25.2. The molecule has 0 N–H and O–H groups in total. The highest BCUT2D eigenvalue weighted by molar-refractivity contribution is 6.55. The van der Waals surface area contributed by atoms with Crippen molar-refractivity contribution in [2.24, 2.45) is 10.6 Å². The maximum absolute atomic E-state index is 6.23. The van der Waals surface area contributed by atoms with Gasteiger partial charge in [-0.1, -0.05) is 72.3 Å². The summed E-state index contributed by atoms with van der Waals surface area (Å²) in [4.78, 5) is 5.24. The number of rotatable bonds is 12. The molecule has 1 rings (SSSR count). The summed E-state index contributed by atoms with van der Waals surface area (Å²) in [6.07, 6.45) is 7.25. The summed E-state index contributed by atoms with van der Waals surface area (Å²) in [7, 11) is 0. The van der Waals surface area contributed by atoms with Gasteiger partial charge < -0.3 is 14.3 Å². The molecule has 0 saturated carbocycles. The molecule has 0 saturated heterocycles. The lowest BCUT2D eigenvalue weighted by molar-refractivity contribution is 0.138. The van der Waals surface area contributed by atoms with E-state index in [2.05, 4.69) is 25.9 Å². The highest BCUT2D eigenvalue weighted by atomic mass is 35.5. The molecule has 0 fully saturated rings. The summed E-state index contributed by atoms with van der Waals surface area (Å²) in [6, 6.07) is 3.29. The highest BCUT2D eigenvalue weighted by Crippen LogP contribution is 2.37. The van der Waals surface area contributed by atoms with Crippen LogP contribution in [0.1, 0.15) is 46.5 Å². The van der Waals surface area contributed by atoms with Crippen LogP contribution >= 0.6 is 46.4 Å². The Balaban J connectivity index is 2.25. The van der Waals surface area contributed by atoms with Crippen LogP contribution in [0.15, 0.2) is 27.9 Å². The van der Waals surface area contributed by atoms with Gasteiger partial charge in [-0.05, 0) is 31.8 Å². The fraction of sp³-hybridized carbons (Fsp3) is 0.550. The minimum Gasteiger partial charge on any atom is -0.490 e. The van der Waals surface area contributed by atoms with Gasteiger partial charge in [0.15, 0.2) is 5.75 Å². The summed E-state index contributed by atoms with van der Waals surface area (Å²) >= 11 is 23.5. The lowest BCUT2D eigenvalue weighted by Crippen LogP contribution is -2.06. The number of oxime groups is 1. The third-order valence-corrected chi connectivity index (χ3v) is 4.22. The predicted octanol–water partition coefficient (Wildman–Crippen LogP) is 7.68. The lowest BCUT2D eigenvalue weighted by Gasteiger charge is -2.12. The number of ether oxygens (including phenoxy) is 2. The normalized spacial score (nSPS) is 11.5. The molecule has 0 aromatic heterocycles. The van der Waals surface area contributed by atoms with Gasteiger partial charge in [0.25, 0.3) is 0 Å². The first-order chi connectivity index (χ1) is 13.2. The van der Waals surface area contributed by atoms with Crippen LogP contribution in [-0.2, 0) is 4.84 Å². The maximum Gasteiger partial charge on any atom is 0.156 e. The molecule has 0 amide bonds. The van der Waals surface area contributed by atoms with E-state index in [1.54, 1.807) is 12.1 Å². The third kappa shape index (κ3) is 11.9. The van der Waals surface area contributed by atoms with E-state index in [9.17, 15) is 0 Å². The molecule has 0 atom stereocenters. The van der Waals surface area contributed by atoms with Gasteiger partial charge in [0, 0.05) is 23.8 Å². The van der Waals surface area contributed by atoms with Crippen molar-refractivity contribution < 1.29 is 14.3 Å². The van der Waals surface area contributed by atoms with Crippen molar-refractivity contribution in [2.45, 2.75) is 46.5 Å². The Hall–Kier alpha value is -0.810. The average molecular weight is 471 g/mol. The molecule has 0 aliphatic carbocycles. The third-order valence-electron chi connectivity index (χ3n) is 3.35. The maximum atomic E-state index is 6.23. The molecule has 0 unspecified atom stereocenters. The summed E-state index contributed by atoms with van der Waals surface area (Å²) in [6.45, 7) is 7.61. The standard InChI is InChI=1S/C20H27Cl4NO3/c1-20(2,3)14-25-28-10-7-5-4-6-9-27-19-16(21)12-15(13-17(19)22)26-11-8-18(23)24/h8,12-14H,4-7,9-11H2,1-3H3. The topological polar surface area (TPSA) is 40.0 Å². The van der Waals surface area contributed by atoms with Gasteiger partial charge in [-0.2, -0.15) is 0 Å². The lowest BCUT2D eigenvalue weighted by atomic mass is 10.00. The van der Waals surface area contributed by atoms with Crippen molar-refractivity contribution >= 4 is 52.6 Å². The van der Waals surface area contributed by atoms with Crippen molar-refractivity contribution in [3.8, 4) is 11.5 Å². The van der Waals surface area contributed by atoms with E-state index in [1.807, 2.05) is 6.21 Å². The van der Waals surface area contributed by atoms with Crippen molar-refractivity contribution in [3.63, 3.8) is 0 Å². The second kappa shape index (κ2) is 13.4. The van der Waals surface area contributed by atoms with E-state index in [-0.39, 0.29) is 16.5 Å². The van der Waals surface area contributed by atoms with Crippen LogP contribution in [0.5, 0.6) is 11.5 Å². The highest BCUT2D eigenvalue weighted by Gasteiger charge is 2.10. The van der Waals surface area contributed by atoms with Gasteiger partial charge >= 0.3 is 0 Å². The zero-order valence-corrected chi connectivity index (χ0v) is 19.5. The van der Waals surface area contributed by atoms with E-state index in [0.29, 0.717) is 34.8 Å². The Kier molecular flexibility index (Phi) is 12.1. The summed E-state index contributed by atoms with van der Waals surface area (Å²) in [5.74, 6) is 0.976. The smallest absolute Gasteiger partial charge is 0.156 e. The summed E-state index contributed by atoms with van der Waals surface area (Å²) in [5.41, 5.74) is 0.0408. The Morgan fingerprint density at radius 2 is 1.57 bits per heavy atom. The van der Waals surface area contributed by atoms with E-state index >= 15 is 0 Å². The van der Waals surface area contributed by atoms with Gasteiger partial charge in [-0.3, -0.25) is 0 Å². The van der Waals surface area contributed by atoms with Gasteiger partial charge in [0.1, 0.15) is 23.5 Å². The molecule has 0 radical (unpaired) electrons. The van der Waals surface area contributed by atoms with E-state index in [0.717, 1.165) is 25.7 Å². The predicted molar refractivity (Wildman–Crippen MR) is 120 cm³/mol. The van der Waals surface area contributed by atoms with E-state index in [4.69, 9.17) is 60.7 Å². The first-order valence-electron chi connectivity index (χ1n) is 9.11. The number of unbranched alkanes of at least 4 members (excludes halogenated alkanes) is 3. The van der Waals surface area contributed by atoms with Crippen molar-refractivity contribution in [1.29, 1.82) is 0 Å². The molecule has 0 heterocycles. The van der Waals surface area contributed by atoms with Crippen molar-refractivity contribution in [3.05, 3.63) is 32.7 Å². The minimum atomic E-state index is 0.0408. The molecule has 0 aliphatic rings. The molecule has 0 bridgehead atoms. The Bertz CT molecular complexity index is 630. The Labute approximate surface area is 187 Å². The second-order valence-corrected chi connectivity index (χ2v) is 9.04. The molecule has 4 nitrogen and oxygen atoms in total. The summed E-state index contributed by atoms with van der Waals surface area (Å²) in [5, 5.41) is 4.76. The van der Waals surface area contributed by atoms with Crippen LogP contribution in [0.25, 0.3) is 0 Å². The first-order valence-corrected chi connectivity index (χ1v) is 10.6. The Morgan fingerprint density at radius 1 is 0.964 bits per heavy atom. The fourth-order valence-corrected chi connectivity index (χ4v) is 2.71. The van der Waals surface area contributed by atoms with E-state index in [1.165, 1.54) is 6.08 Å². The number of hydrogen-bond donors (Lipinski definition) is 0. The number of hydrogen-bond acceptors (Lipinski definition) is 4. The molecule has 1 aromatic rings. The summed E-state index contributed by atoms with van der Waals surface area (Å²) < 4.78 is 11.3. The van der Waals surface area contributed by atoms with Crippen molar-refractivity contribution in [1.82, 2.24) is 0 Å². The van der Waals surface area contributed by atoms with E-state index < -0.39 is 0 Å². The van der Waals surface area contributed by atoms with Crippen molar-refractivity contribution in [2.75, 3.05) is 19.8 Å². The molecule has 158 valence electrons.